The van der Waals surface area contributed by atoms with E-state index in [2.05, 4.69) is 5.32 Å². The molecule has 0 radical (unpaired) electrons. The second-order valence-electron chi connectivity index (χ2n) is 6.21. The Balaban J connectivity index is 1.90. The van der Waals surface area contributed by atoms with Crippen molar-refractivity contribution in [3.05, 3.63) is 64.9 Å². The SMILES string of the molecule is CCN1C(=O)NC(=Cc2cccc(OC)c2OCc2cccc(C(=O)O)c2)C1=O. The van der Waals surface area contributed by atoms with Crippen LogP contribution in [0.5, 0.6) is 11.5 Å². The molecule has 0 aromatic heterocycles. The highest BCUT2D eigenvalue weighted by atomic mass is 16.5. The van der Waals surface area contributed by atoms with Gasteiger partial charge in [-0.05, 0) is 36.8 Å². The molecule has 2 aromatic carbocycles. The maximum Gasteiger partial charge on any atom is 0.335 e. The molecule has 1 aliphatic heterocycles. The number of hydrogen-bond acceptors (Lipinski definition) is 5. The number of carbonyl (C=O) groups excluding carboxylic acids is 2. The van der Waals surface area contributed by atoms with E-state index in [1.54, 1.807) is 37.3 Å². The van der Waals surface area contributed by atoms with E-state index < -0.39 is 17.9 Å². The molecule has 8 heteroatoms. The van der Waals surface area contributed by atoms with Crippen molar-refractivity contribution in [1.29, 1.82) is 0 Å². The molecular weight excluding hydrogens is 376 g/mol. The van der Waals surface area contributed by atoms with E-state index in [1.807, 2.05) is 0 Å². The number of aromatic carboxylic acids is 1. The molecule has 8 nitrogen and oxygen atoms in total. The molecule has 0 unspecified atom stereocenters. The van der Waals surface area contributed by atoms with Crippen molar-refractivity contribution < 1.29 is 29.0 Å². The number of carboxylic acid groups (broad SMARTS) is 1. The van der Waals surface area contributed by atoms with Gasteiger partial charge in [0.15, 0.2) is 11.5 Å². The minimum Gasteiger partial charge on any atom is -0.493 e. The van der Waals surface area contributed by atoms with Gasteiger partial charge < -0.3 is 19.9 Å². The summed E-state index contributed by atoms with van der Waals surface area (Å²) in [7, 11) is 1.49. The standard InChI is InChI=1S/C21H20N2O6/c1-3-23-19(24)16(22-21(23)27)11-14-7-5-9-17(28-2)18(14)29-12-13-6-4-8-15(10-13)20(25)26/h4-11H,3,12H2,1-2H3,(H,22,27)(H,25,26). The number of para-hydroxylation sites is 1. The predicted octanol–water partition coefficient (Wildman–Crippen LogP) is 2.89. The highest BCUT2D eigenvalue weighted by Gasteiger charge is 2.32. The number of carboxylic acids is 1. The molecule has 0 spiro atoms. The normalized spacial score (nSPS) is 14.8. The van der Waals surface area contributed by atoms with E-state index in [0.717, 1.165) is 4.90 Å². The first-order chi connectivity index (χ1) is 13.9. The number of methoxy groups -OCH3 is 1. The minimum absolute atomic E-state index is 0.0963. The Hall–Kier alpha value is -3.81. The zero-order chi connectivity index (χ0) is 21.0. The lowest BCUT2D eigenvalue weighted by molar-refractivity contribution is -0.122. The van der Waals surface area contributed by atoms with Gasteiger partial charge in [0.2, 0.25) is 0 Å². The summed E-state index contributed by atoms with van der Waals surface area (Å²) < 4.78 is 11.3. The topological polar surface area (TPSA) is 105 Å². The summed E-state index contributed by atoms with van der Waals surface area (Å²) in [6.45, 7) is 2.08. The van der Waals surface area contributed by atoms with Crippen LogP contribution in [0.25, 0.3) is 6.08 Å². The molecule has 0 bridgehead atoms. The molecule has 1 saturated heterocycles. The van der Waals surface area contributed by atoms with Crippen molar-refractivity contribution in [2.75, 3.05) is 13.7 Å². The van der Waals surface area contributed by atoms with Crippen LogP contribution >= 0.6 is 0 Å². The number of nitrogens with zero attached hydrogens (tertiary/aromatic N) is 1. The maximum absolute atomic E-state index is 12.3. The van der Waals surface area contributed by atoms with Gasteiger partial charge in [-0.25, -0.2) is 9.59 Å². The zero-order valence-corrected chi connectivity index (χ0v) is 16.0. The number of rotatable bonds is 7. The van der Waals surface area contributed by atoms with E-state index in [9.17, 15) is 14.4 Å². The molecule has 3 amide bonds. The molecule has 2 N–H and O–H groups in total. The van der Waals surface area contributed by atoms with Crippen molar-refractivity contribution in [3.63, 3.8) is 0 Å². The van der Waals surface area contributed by atoms with E-state index in [1.165, 1.54) is 25.3 Å². The number of imide groups is 1. The van der Waals surface area contributed by atoms with E-state index in [-0.39, 0.29) is 24.4 Å². The number of benzene rings is 2. The Bertz CT molecular complexity index is 998. The summed E-state index contributed by atoms with van der Waals surface area (Å²) >= 11 is 0. The summed E-state index contributed by atoms with van der Waals surface area (Å²) in [4.78, 5) is 36.5. The predicted molar refractivity (Wildman–Crippen MR) is 105 cm³/mol. The molecule has 2 aromatic rings. The number of amides is 3. The van der Waals surface area contributed by atoms with Crippen LogP contribution in [0.15, 0.2) is 48.2 Å². The van der Waals surface area contributed by atoms with Gasteiger partial charge in [0.1, 0.15) is 12.3 Å². The van der Waals surface area contributed by atoms with Crippen LogP contribution in [-0.4, -0.2) is 41.6 Å². The summed E-state index contributed by atoms with van der Waals surface area (Å²) in [6, 6.07) is 11.1. The fourth-order valence-electron chi connectivity index (χ4n) is 2.93. The minimum atomic E-state index is -1.02. The van der Waals surface area contributed by atoms with Crippen LogP contribution < -0.4 is 14.8 Å². The Kier molecular flexibility index (Phi) is 5.82. The second-order valence-corrected chi connectivity index (χ2v) is 6.21. The third kappa shape index (κ3) is 4.21. The van der Waals surface area contributed by atoms with E-state index in [4.69, 9.17) is 14.6 Å². The number of nitrogens with one attached hydrogen (secondary N) is 1. The first-order valence-corrected chi connectivity index (χ1v) is 8.91. The molecule has 1 aliphatic rings. The number of ether oxygens (including phenoxy) is 2. The number of hydrogen-bond donors (Lipinski definition) is 2. The highest BCUT2D eigenvalue weighted by molar-refractivity contribution is 6.14. The van der Waals surface area contributed by atoms with Gasteiger partial charge in [0.25, 0.3) is 5.91 Å². The average molecular weight is 396 g/mol. The fourth-order valence-corrected chi connectivity index (χ4v) is 2.93. The number of carbonyl (C=O) groups is 3. The van der Waals surface area contributed by atoms with Crippen LogP contribution in [-0.2, 0) is 11.4 Å². The largest absolute Gasteiger partial charge is 0.493 e. The van der Waals surface area contributed by atoms with Crippen molar-refractivity contribution >= 4 is 24.0 Å². The lowest BCUT2D eigenvalue weighted by Crippen LogP contribution is -2.30. The molecule has 29 heavy (non-hydrogen) atoms. The van der Waals surface area contributed by atoms with Crippen molar-refractivity contribution in [2.45, 2.75) is 13.5 Å². The van der Waals surface area contributed by atoms with Crippen LogP contribution in [0.3, 0.4) is 0 Å². The number of urea groups is 1. The Labute approximate surface area is 167 Å². The quantitative estimate of drug-likeness (QED) is 0.551. The Morgan fingerprint density at radius 2 is 1.97 bits per heavy atom. The molecule has 150 valence electrons. The monoisotopic (exact) mass is 396 g/mol. The molecule has 1 fully saturated rings. The Morgan fingerprint density at radius 1 is 1.21 bits per heavy atom. The summed E-state index contributed by atoms with van der Waals surface area (Å²) in [6.07, 6.45) is 1.53. The smallest absolute Gasteiger partial charge is 0.335 e. The maximum atomic E-state index is 12.3. The summed E-state index contributed by atoms with van der Waals surface area (Å²) in [5.41, 5.74) is 1.51. The summed E-state index contributed by atoms with van der Waals surface area (Å²) in [5, 5.41) is 11.7. The highest BCUT2D eigenvalue weighted by Crippen LogP contribution is 2.33. The molecule has 0 aliphatic carbocycles. The average Bonchev–Trinajstić information content (AvgIpc) is 2.99. The van der Waals surface area contributed by atoms with Gasteiger partial charge in [-0.1, -0.05) is 24.3 Å². The Morgan fingerprint density at radius 3 is 2.62 bits per heavy atom. The molecular formula is C21H20N2O6. The van der Waals surface area contributed by atoms with Gasteiger partial charge in [-0.2, -0.15) is 0 Å². The zero-order valence-electron chi connectivity index (χ0n) is 16.0. The van der Waals surface area contributed by atoms with E-state index in [0.29, 0.717) is 22.6 Å². The van der Waals surface area contributed by atoms with Crippen LogP contribution in [0.2, 0.25) is 0 Å². The van der Waals surface area contributed by atoms with Crippen LogP contribution in [0, 0.1) is 0 Å². The number of likely N-dealkylation sites (N-methyl/N-ethyl adjacent to an activating group) is 1. The second kappa shape index (κ2) is 8.47. The van der Waals surface area contributed by atoms with Gasteiger partial charge in [-0.15, -0.1) is 0 Å². The van der Waals surface area contributed by atoms with Crippen molar-refractivity contribution in [3.8, 4) is 11.5 Å². The van der Waals surface area contributed by atoms with Crippen LogP contribution in [0.4, 0.5) is 4.79 Å². The fraction of sp³-hybridized carbons (Fsp3) is 0.190. The molecule has 3 rings (SSSR count). The molecule has 1 heterocycles. The van der Waals surface area contributed by atoms with Crippen LogP contribution in [0.1, 0.15) is 28.4 Å². The first kappa shape index (κ1) is 19.9. The van der Waals surface area contributed by atoms with Gasteiger partial charge in [0.05, 0.1) is 12.7 Å². The van der Waals surface area contributed by atoms with E-state index >= 15 is 0 Å². The van der Waals surface area contributed by atoms with Crippen molar-refractivity contribution in [1.82, 2.24) is 10.2 Å². The van der Waals surface area contributed by atoms with Gasteiger partial charge >= 0.3 is 12.0 Å². The lowest BCUT2D eigenvalue weighted by Gasteiger charge is -2.14. The lowest BCUT2D eigenvalue weighted by atomic mass is 10.1. The van der Waals surface area contributed by atoms with Crippen molar-refractivity contribution in [2.24, 2.45) is 0 Å². The van der Waals surface area contributed by atoms with Gasteiger partial charge in [0, 0.05) is 12.1 Å². The molecule has 0 saturated carbocycles. The summed E-state index contributed by atoms with van der Waals surface area (Å²) in [5.74, 6) is -0.621. The third-order valence-corrected chi connectivity index (χ3v) is 4.36. The molecule has 0 atom stereocenters. The van der Waals surface area contributed by atoms with Gasteiger partial charge in [-0.3, -0.25) is 9.69 Å². The first-order valence-electron chi connectivity index (χ1n) is 8.91. The third-order valence-electron chi connectivity index (χ3n) is 4.36.